The van der Waals surface area contributed by atoms with Gasteiger partial charge in [-0.15, -0.1) is 0 Å². The van der Waals surface area contributed by atoms with Crippen LogP contribution in [0.15, 0.2) is 29.2 Å². The summed E-state index contributed by atoms with van der Waals surface area (Å²) in [7, 11) is -3.17. The molecule has 0 saturated carbocycles. The van der Waals surface area contributed by atoms with E-state index in [2.05, 4.69) is 0 Å². The molecule has 1 aromatic rings. The summed E-state index contributed by atoms with van der Waals surface area (Å²) >= 11 is 0. The lowest BCUT2D eigenvalue weighted by molar-refractivity contribution is 0.442. The highest BCUT2D eigenvalue weighted by molar-refractivity contribution is 7.90. The first-order chi connectivity index (χ1) is 6.95. The predicted octanol–water partition coefficient (Wildman–Crippen LogP) is 1.45. The lowest BCUT2D eigenvalue weighted by atomic mass is 10.1. The molecule has 2 N–H and O–H groups in total. The molecule has 0 unspecified atom stereocenters. The summed E-state index contributed by atoms with van der Waals surface area (Å²) in [5.41, 5.74) is 6.43. The topological polar surface area (TPSA) is 60.2 Å². The first kappa shape index (κ1) is 12.1. The van der Waals surface area contributed by atoms with E-state index in [1.165, 1.54) is 12.1 Å². The molecule has 0 aliphatic rings. The Balaban J connectivity index is 2.90. The molecule has 0 aliphatic carbocycles. The average molecular weight is 231 g/mol. The summed E-state index contributed by atoms with van der Waals surface area (Å²) < 4.78 is 34.3. The largest absolute Gasteiger partial charge is 0.324 e. The third-order valence-electron chi connectivity index (χ3n) is 2.16. The minimum atomic E-state index is -3.17. The van der Waals surface area contributed by atoms with Crippen LogP contribution in [-0.4, -0.2) is 21.3 Å². The van der Waals surface area contributed by atoms with Crippen LogP contribution < -0.4 is 5.73 Å². The molecule has 0 amide bonds. The maximum Gasteiger partial charge on any atom is 0.175 e. The Kier molecular flexibility index (Phi) is 3.82. The van der Waals surface area contributed by atoms with Crippen molar-refractivity contribution in [1.82, 2.24) is 0 Å². The molecule has 84 valence electrons. The quantitative estimate of drug-likeness (QED) is 0.853. The van der Waals surface area contributed by atoms with Gasteiger partial charge < -0.3 is 5.73 Å². The second kappa shape index (κ2) is 4.72. The lowest BCUT2D eigenvalue weighted by Crippen LogP contribution is -2.11. The summed E-state index contributed by atoms with van der Waals surface area (Å²) in [5.74, 6) is 0. The van der Waals surface area contributed by atoms with E-state index in [0.717, 1.165) is 11.8 Å². The fourth-order valence-electron chi connectivity index (χ4n) is 1.25. The second-order valence-electron chi connectivity index (χ2n) is 3.43. The van der Waals surface area contributed by atoms with Gasteiger partial charge in [-0.05, 0) is 24.1 Å². The Morgan fingerprint density at radius 1 is 1.33 bits per heavy atom. The number of rotatable bonds is 4. The van der Waals surface area contributed by atoms with Crippen LogP contribution in [0.1, 0.15) is 18.0 Å². The highest BCUT2D eigenvalue weighted by Gasteiger charge is 2.09. The fraction of sp³-hybridized carbons (Fsp3) is 0.400. The molecule has 1 aromatic carbocycles. The molecule has 0 heterocycles. The minimum Gasteiger partial charge on any atom is -0.324 e. The van der Waals surface area contributed by atoms with Crippen LogP contribution >= 0.6 is 0 Å². The second-order valence-corrected chi connectivity index (χ2v) is 5.44. The van der Waals surface area contributed by atoms with Gasteiger partial charge in [0.25, 0.3) is 0 Å². The van der Waals surface area contributed by atoms with Gasteiger partial charge in [-0.25, -0.2) is 8.42 Å². The van der Waals surface area contributed by atoms with Crippen molar-refractivity contribution in [2.75, 3.05) is 12.9 Å². The SMILES string of the molecule is CS(=O)(=O)c1ccc([C@H](N)CCF)cc1. The monoisotopic (exact) mass is 231 g/mol. The summed E-state index contributed by atoms with van der Waals surface area (Å²) in [6, 6.07) is 5.85. The Hall–Kier alpha value is -0.940. The van der Waals surface area contributed by atoms with E-state index in [4.69, 9.17) is 5.73 Å². The molecule has 0 radical (unpaired) electrons. The number of halogens is 1. The van der Waals surface area contributed by atoms with E-state index in [-0.39, 0.29) is 17.4 Å². The zero-order valence-corrected chi connectivity index (χ0v) is 9.30. The van der Waals surface area contributed by atoms with Gasteiger partial charge in [-0.2, -0.15) is 0 Å². The van der Waals surface area contributed by atoms with Crippen molar-refractivity contribution in [1.29, 1.82) is 0 Å². The van der Waals surface area contributed by atoms with Crippen LogP contribution in [0, 0.1) is 0 Å². The Morgan fingerprint density at radius 2 is 1.87 bits per heavy atom. The number of hydrogen-bond donors (Lipinski definition) is 1. The van der Waals surface area contributed by atoms with Crippen LogP contribution in [0.2, 0.25) is 0 Å². The first-order valence-corrected chi connectivity index (χ1v) is 6.46. The molecule has 0 aliphatic heterocycles. The highest BCUT2D eigenvalue weighted by Crippen LogP contribution is 2.17. The first-order valence-electron chi connectivity index (χ1n) is 4.56. The van der Waals surface area contributed by atoms with Gasteiger partial charge in [0.2, 0.25) is 0 Å². The van der Waals surface area contributed by atoms with Crippen LogP contribution in [0.25, 0.3) is 0 Å². The number of sulfone groups is 1. The van der Waals surface area contributed by atoms with Crippen molar-refractivity contribution in [2.24, 2.45) is 5.73 Å². The third kappa shape index (κ3) is 3.28. The van der Waals surface area contributed by atoms with Gasteiger partial charge in [-0.3, -0.25) is 4.39 Å². The van der Waals surface area contributed by atoms with Crippen molar-refractivity contribution in [3.8, 4) is 0 Å². The maximum atomic E-state index is 12.0. The van der Waals surface area contributed by atoms with E-state index < -0.39 is 16.5 Å². The molecule has 0 spiro atoms. The minimum absolute atomic E-state index is 0.248. The van der Waals surface area contributed by atoms with Gasteiger partial charge >= 0.3 is 0 Å². The normalized spacial score (nSPS) is 13.8. The van der Waals surface area contributed by atoms with Crippen LogP contribution in [0.5, 0.6) is 0 Å². The highest BCUT2D eigenvalue weighted by atomic mass is 32.2. The van der Waals surface area contributed by atoms with E-state index in [9.17, 15) is 12.8 Å². The van der Waals surface area contributed by atoms with E-state index in [0.29, 0.717) is 0 Å². The van der Waals surface area contributed by atoms with Gasteiger partial charge in [0.05, 0.1) is 11.6 Å². The number of benzene rings is 1. The van der Waals surface area contributed by atoms with E-state index in [1.807, 2.05) is 0 Å². The summed E-state index contributed by atoms with van der Waals surface area (Å²) in [4.78, 5) is 0.249. The Labute approximate surface area is 89.0 Å². The third-order valence-corrected chi connectivity index (χ3v) is 3.28. The van der Waals surface area contributed by atoms with Crippen LogP contribution in [-0.2, 0) is 9.84 Å². The molecular formula is C10H14FNO2S. The molecule has 0 saturated heterocycles. The van der Waals surface area contributed by atoms with E-state index in [1.54, 1.807) is 12.1 Å². The zero-order valence-electron chi connectivity index (χ0n) is 8.48. The van der Waals surface area contributed by atoms with Crippen LogP contribution in [0.4, 0.5) is 4.39 Å². The van der Waals surface area contributed by atoms with E-state index >= 15 is 0 Å². The predicted molar refractivity (Wildman–Crippen MR) is 57.1 cm³/mol. The van der Waals surface area contributed by atoms with Crippen LogP contribution in [0.3, 0.4) is 0 Å². The van der Waals surface area contributed by atoms with Crippen molar-refractivity contribution in [2.45, 2.75) is 17.4 Å². The van der Waals surface area contributed by atoms with Gasteiger partial charge in [0, 0.05) is 12.3 Å². The smallest absolute Gasteiger partial charge is 0.175 e. The summed E-state index contributed by atoms with van der Waals surface area (Å²) in [6.07, 6.45) is 1.39. The Morgan fingerprint density at radius 3 is 2.27 bits per heavy atom. The molecule has 5 heteroatoms. The molecule has 15 heavy (non-hydrogen) atoms. The van der Waals surface area contributed by atoms with Gasteiger partial charge in [-0.1, -0.05) is 12.1 Å². The molecule has 1 atom stereocenters. The van der Waals surface area contributed by atoms with Crippen molar-refractivity contribution < 1.29 is 12.8 Å². The standard InChI is InChI=1S/C10H14FNO2S/c1-15(13,14)9-4-2-8(3-5-9)10(12)6-7-11/h2-5,10H,6-7,12H2,1H3/t10-/m1/s1. The maximum absolute atomic E-state index is 12.0. The van der Waals surface area contributed by atoms with Crippen molar-refractivity contribution >= 4 is 9.84 Å². The van der Waals surface area contributed by atoms with Crippen molar-refractivity contribution in [3.05, 3.63) is 29.8 Å². The summed E-state index contributed by atoms with van der Waals surface area (Å²) in [5, 5.41) is 0. The molecule has 0 aromatic heterocycles. The molecule has 1 rings (SSSR count). The fourth-order valence-corrected chi connectivity index (χ4v) is 1.88. The molecular weight excluding hydrogens is 217 g/mol. The summed E-state index contributed by atoms with van der Waals surface area (Å²) in [6.45, 7) is -0.477. The average Bonchev–Trinajstić information content (AvgIpc) is 2.17. The van der Waals surface area contributed by atoms with Gasteiger partial charge in [0.1, 0.15) is 0 Å². The van der Waals surface area contributed by atoms with Crippen molar-refractivity contribution in [3.63, 3.8) is 0 Å². The molecule has 0 fully saturated rings. The number of nitrogens with two attached hydrogens (primary N) is 1. The number of alkyl halides is 1. The molecule has 3 nitrogen and oxygen atoms in total. The van der Waals surface area contributed by atoms with Gasteiger partial charge in [0.15, 0.2) is 9.84 Å². The molecule has 0 bridgehead atoms. The lowest BCUT2D eigenvalue weighted by Gasteiger charge is -2.09. The Bertz CT molecular complexity index is 414. The number of hydrogen-bond acceptors (Lipinski definition) is 3. The zero-order chi connectivity index (χ0) is 11.5.